The molecule has 1 aromatic rings. The molecule has 0 aromatic heterocycles. The van der Waals surface area contributed by atoms with Crippen LogP contribution in [0.25, 0.3) is 0 Å². The van der Waals surface area contributed by atoms with Crippen LogP contribution < -0.4 is 11.3 Å². The maximum absolute atomic E-state index is 9.50. The van der Waals surface area contributed by atoms with Crippen LogP contribution in [0.1, 0.15) is 24.1 Å². The molecule has 0 saturated carbocycles. The van der Waals surface area contributed by atoms with E-state index in [1.165, 1.54) is 0 Å². The molecule has 3 heteroatoms. The van der Waals surface area contributed by atoms with Crippen LogP contribution in [-0.4, -0.2) is 5.11 Å². The third-order valence-corrected chi connectivity index (χ3v) is 1.90. The second-order valence-corrected chi connectivity index (χ2v) is 2.95. The Morgan fingerprint density at radius 1 is 1.50 bits per heavy atom. The summed E-state index contributed by atoms with van der Waals surface area (Å²) in [6, 6.07) is 5.52. The predicted octanol–water partition coefficient (Wildman–Crippen LogP) is 1.22. The van der Waals surface area contributed by atoms with E-state index in [0.717, 1.165) is 11.1 Å². The zero-order chi connectivity index (χ0) is 9.14. The van der Waals surface area contributed by atoms with Crippen molar-refractivity contribution in [3.8, 4) is 5.75 Å². The number of hydrazine groups is 1. The normalized spacial score (nSPS) is 12.9. The van der Waals surface area contributed by atoms with Gasteiger partial charge in [0.15, 0.2) is 0 Å². The maximum atomic E-state index is 9.50. The van der Waals surface area contributed by atoms with Crippen molar-refractivity contribution < 1.29 is 5.11 Å². The maximum Gasteiger partial charge on any atom is 0.120 e. The Bertz CT molecular complexity index is 273. The quantitative estimate of drug-likeness (QED) is 0.457. The van der Waals surface area contributed by atoms with Crippen molar-refractivity contribution in [2.45, 2.75) is 19.9 Å². The summed E-state index contributed by atoms with van der Waals surface area (Å²) in [7, 11) is 0. The standard InChI is InChI=1S/C9H14N2O/c1-6-3-4-8(7(2)11-10)9(12)5-6/h3-5,7,11-12H,10H2,1-2H3/t7-/m1/s1. The van der Waals surface area contributed by atoms with Gasteiger partial charge in [-0.1, -0.05) is 12.1 Å². The summed E-state index contributed by atoms with van der Waals surface area (Å²) in [5.74, 6) is 5.54. The zero-order valence-electron chi connectivity index (χ0n) is 7.33. The Labute approximate surface area is 72.2 Å². The Balaban J connectivity index is 3.01. The molecule has 12 heavy (non-hydrogen) atoms. The van der Waals surface area contributed by atoms with Gasteiger partial charge in [0.2, 0.25) is 0 Å². The number of aromatic hydroxyl groups is 1. The SMILES string of the molecule is Cc1ccc([C@@H](C)NN)c(O)c1. The van der Waals surface area contributed by atoms with Gasteiger partial charge in [-0.3, -0.25) is 11.3 Å². The number of rotatable bonds is 2. The highest BCUT2D eigenvalue weighted by atomic mass is 16.3. The van der Waals surface area contributed by atoms with Crippen LogP contribution >= 0.6 is 0 Å². The highest BCUT2D eigenvalue weighted by Crippen LogP contribution is 2.23. The molecule has 0 unspecified atom stereocenters. The van der Waals surface area contributed by atoms with Crippen molar-refractivity contribution in [2.24, 2.45) is 5.84 Å². The molecule has 0 spiro atoms. The molecule has 0 aliphatic heterocycles. The smallest absolute Gasteiger partial charge is 0.120 e. The predicted molar refractivity (Wildman–Crippen MR) is 48.6 cm³/mol. The summed E-state index contributed by atoms with van der Waals surface area (Å²) < 4.78 is 0. The number of phenols is 1. The number of benzene rings is 1. The molecule has 3 nitrogen and oxygen atoms in total. The third kappa shape index (κ3) is 1.75. The molecule has 0 aliphatic carbocycles. The van der Waals surface area contributed by atoms with E-state index in [9.17, 15) is 5.11 Å². The fourth-order valence-electron chi connectivity index (χ4n) is 1.11. The Hall–Kier alpha value is -1.06. The molecule has 0 saturated heterocycles. The highest BCUT2D eigenvalue weighted by Gasteiger charge is 2.07. The topological polar surface area (TPSA) is 58.3 Å². The molecule has 66 valence electrons. The fourth-order valence-corrected chi connectivity index (χ4v) is 1.11. The van der Waals surface area contributed by atoms with Crippen LogP contribution in [0.15, 0.2) is 18.2 Å². The molecular weight excluding hydrogens is 152 g/mol. The van der Waals surface area contributed by atoms with Gasteiger partial charge in [-0.05, 0) is 25.5 Å². The number of nitrogens with one attached hydrogen (secondary N) is 1. The number of hydrogen-bond donors (Lipinski definition) is 3. The van der Waals surface area contributed by atoms with Crippen molar-refractivity contribution in [3.63, 3.8) is 0 Å². The molecule has 0 heterocycles. The molecule has 0 fully saturated rings. The number of hydrogen-bond acceptors (Lipinski definition) is 3. The minimum absolute atomic E-state index is 0.0226. The van der Waals surface area contributed by atoms with Gasteiger partial charge in [0, 0.05) is 11.6 Å². The molecule has 1 rings (SSSR count). The lowest BCUT2D eigenvalue weighted by Gasteiger charge is -2.12. The fraction of sp³-hybridized carbons (Fsp3) is 0.333. The van der Waals surface area contributed by atoms with Crippen LogP contribution in [0, 0.1) is 6.92 Å². The van der Waals surface area contributed by atoms with Crippen molar-refractivity contribution >= 4 is 0 Å². The second-order valence-electron chi connectivity index (χ2n) is 2.95. The molecule has 0 bridgehead atoms. The molecule has 0 amide bonds. The molecule has 1 aromatic carbocycles. The van der Waals surface area contributed by atoms with E-state index < -0.39 is 0 Å². The van der Waals surface area contributed by atoms with E-state index in [4.69, 9.17) is 5.84 Å². The first-order valence-corrected chi connectivity index (χ1v) is 3.91. The molecule has 4 N–H and O–H groups in total. The van der Waals surface area contributed by atoms with Gasteiger partial charge in [0.05, 0.1) is 0 Å². The second kappa shape index (κ2) is 3.56. The lowest BCUT2D eigenvalue weighted by Crippen LogP contribution is -2.25. The molecular formula is C9H14N2O. The first-order chi connectivity index (χ1) is 5.65. The van der Waals surface area contributed by atoms with E-state index in [2.05, 4.69) is 5.43 Å². The number of nitrogens with two attached hydrogens (primary N) is 1. The molecule has 1 atom stereocenters. The average Bonchev–Trinajstić information content (AvgIpc) is 2.03. The largest absolute Gasteiger partial charge is 0.508 e. The highest BCUT2D eigenvalue weighted by molar-refractivity contribution is 5.37. The average molecular weight is 166 g/mol. The van der Waals surface area contributed by atoms with Crippen molar-refractivity contribution in [3.05, 3.63) is 29.3 Å². The first-order valence-electron chi connectivity index (χ1n) is 3.91. The van der Waals surface area contributed by atoms with Crippen molar-refractivity contribution in [2.75, 3.05) is 0 Å². The van der Waals surface area contributed by atoms with Gasteiger partial charge in [0.1, 0.15) is 5.75 Å². The first kappa shape index (κ1) is 9.03. The number of phenolic OH excluding ortho intramolecular Hbond substituents is 1. The Morgan fingerprint density at radius 3 is 2.67 bits per heavy atom. The summed E-state index contributed by atoms with van der Waals surface area (Å²) >= 11 is 0. The number of aryl methyl sites for hydroxylation is 1. The van der Waals surface area contributed by atoms with Crippen LogP contribution in [0.5, 0.6) is 5.75 Å². The van der Waals surface area contributed by atoms with Crippen LogP contribution in [-0.2, 0) is 0 Å². The summed E-state index contributed by atoms with van der Waals surface area (Å²) in [6.45, 7) is 3.83. The van der Waals surface area contributed by atoms with Gasteiger partial charge in [-0.25, -0.2) is 0 Å². The van der Waals surface area contributed by atoms with Crippen LogP contribution in [0.3, 0.4) is 0 Å². The molecule has 0 radical (unpaired) electrons. The summed E-state index contributed by atoms with van der Waals surface area (Å²) in [5, 5.41) is 9.50. The van der Waals surface area contributed by atoms with E-state index >= 15 is 0 Å². The van der Waals surface area contributed by atoms with Crippen molar-refractivity contribution in [1.29, 1.82) is 0 Å². The minimum atomic E-state index is -0.0226. The molecule has 0 aliphatic rings. The zero-order valence-corrected chi connectivity index (χ0v) is 7.33. The van der Waals surface area contributed by atoms with E-state index in [1.54, 1.807) is 6.07 Å². The van der Waals surface area contributed by atoms with Gasteiger partial charge in [0.25, 0.3) is 0 Å². The minimum Gasteiger partial charge on any atom is -0.508 e. The Kier molecular flexibility index (Phi) is 2.68. The van der Waals surface area contributed by atoms with Crippen LogP contribution in [0.2, 0.25) is 0 Å². The Morgan fingerprint density at radius 2 is 2.17 bits per heavy atom. The van der Waals surface area contributed by atoms with E-state index in [0.29, 0.717) is 5.75 Å². The van der Waals surface area contributed by atoms with E-state index in [-0.39, 0.29) is 6.04 Å². The van der Waals surface area contributed by atoms with E-state index in [1.807, 2.05) is 26.0 Å². The summed E-state index contributed by atoms with van der Waals surface area (Å²) in [5.41, 5.74) is 4.45. The lowest BCUT2D eigenvalue weighted by molar-refractivity contribution is 0.454. The van der Waals surface area contributed by atoms with Crippen LogP contribution in [0.4, 0.5) is 0 Å². The lowest BCUT2D eigenvalue weighted by atomic mass is 10.1. The van der Waals surface area contributed by atoms with Gasteiger partial charge >= 0.3 is 0 Å². The van der Waals surface area contributed by atoms with Gasteiger partial charge < -0.3 is 5.11 Å². The van der Waals surface area contributed by atoms with Gasteiger partial charge in [-0.15, -0.1) is 0 Å². The monoisotopic (exact) mass is 166 g/mol. The summed E-state index contributed by atoms with van der Waals surface area (Å²) in [4.78, 5) is 0. The van der Waals surface area contributed by atoms with Gasteiger partial charge in [-0.2, -0.15) is 0 Å². The third-order valence-electron chi connectivity index (χ3n) is 1.90. The van der Waals surface area contributed by atoms with Crippen molar-refractivity contribution in [1.82, 2.24) is 5.43 Å². The summed E-state index contributed by atoms with van der Waals surface area (Å²) in [6.07, 6.45) is 0.